The summed E-state index contributed by atoms with van der Waals surface area (Å²) in [5.41, 5.74) is 0.424. The molecule has 0 aliphatic heterocycles. The average molecular weight is 410 g/mol. The summed E-state index contributed by atoms with van der Waals surface area (Å²) in [6, 6.07) is 3.37. The van der Waals surface area contributed by atoms with Gasteiger partial charge in [0.2, 0.25) is 10.1 Å². The van der Waals surface area contributed by atoms with E-state index in [2.05, 4.69) is 36.8 Å². The van der Waals surface area contributed by atoms with Crippen molar-refractivity contribution in [3.05, 3.63) is 31.7 Å². The van der Waals surface area contributed by atoms with Crippen molar-refractivity contribution in [1.29, 1.82) is 0 Å². The smallest absolute Gasteiger partial charge is 0.286 e. The lowest BCUT2D eigenvalue weighted by molar-refractivity contribution is 0.102. The summed E-state index contributed by atoms with van der Waals surface area (Å²) < 4.78 is 0.661. The Balaban J connectivity index is 2.11. The van der Waals surface area contributed by atoms with Crippen LogP contribution in [-0.4, -0.2) is 22.6 Å². The summed E-state index contributed by atoms with van der Waals surface area (Å²) in [6.45, 7) is 2.82. The van der Waals surface area contributed by atoms with Gasteiger partial charge < -0.3 is 10.6 Å². The number of nitrogens with one attached hydrogen (secondary N) is 2. The highest BCUT2D eigenvalue weighted by atomic mass is 79.9. The van der Waals surface area contributed by atoms with Crippen LogP contribution in [0, 0.1) is 0 Å². The van der Waals surface area contributed by atoms with Gasteiger partial charge in [-0.15, -0.1) is 10.2 Å². The van der Waals surface area contributed by atoms with E-state index in [4.69, 9.17) is 23.2 Å². The zero-order chi connectivity index (χ0) is 15.4. The molecule has 0 atom stereocenters. The van der Waals surface area contributed by atoms with E-state index >= 15 is 0 Å². The minimum Gasteiger partial charge on any atom is -0.360 e. The van der Waals surface area contributed by atoms with Gasteiger partial charge in [-0.05, 0) is 34.5 Å². The zero-order valence-corrected chi connectivity index (χ0v) is 14.8. The lowest BCUT2D eigenvalue weighted by Gasteiger charge is -2.07. The molecule has 21 heavy (non-hydrogen) atoms. The topological polar surface area (TPSA) is 66.9 Å². The number of hydrogen-bond donors (Lipinski definition) is 2. The van der Waals surface area contributed by atoms with Gasteiger partial charge in [0.1, 0.15) is 0 Å². The van der Waals surface area contributed by atoms with Crippen molar-refractivity contribution in [2.45, 2.75) is 13.3 Å². The summed E-state index contributed by atoms with van der Waals surface area (Å²) in [4.78, 5) is 12.1. The van der Waals surface area contributed by atoms with Crippen molar-refractivity contribution >= 4 is 67.2 Å². The maximum Gasteiger partial charge on any atom is 0.286 e. The van der Waals surface area contributed by atoms with Crippen LogP contribution >= 0.6 is 50.5 Å². The summed E-state index contributed by atoms with van der Waals surface area (Å²) in [6.07, 6.45) is 0.966. The van der Waals surface area contributed by atoms with Crippen molar-refractivity contribution in [3.8, 4) is 0 Å². The molecule has 0 aliphatic rings. The zero-order valence-electron chi connectivity index (χ0n) is 10.9. The van der Waals surface area contributed by atoms with Crippen LogP contribution in [0.5, 0.6) is 0 Å². The molecule has 0 bridgehead atoms. The van der Waals surface area contributed by atoms with Gasteiger partial charge in [0.15, 0.2) is 0 Å². The van der Waals surface area contributed by atoms with Crippen molar-refractivity contribution in [1.82, 2.24) is 10.2 Å². The molecule has 2 rings (SSSR count). The fourth-order valence-electron chi connectivity index (χ4n) is 1.42. The second kappa shape index (κ2) is 7.40. The van der Waals surface area contributed by atoms with Gasteiger partial charge in [-0.1, -0.05) is 41.5 Å². The molecule has 2 aromatic rings. The summed E-state index contributed by atoms with van der Waals surface area (Å²) in [5, 5.41) is 15.0. The molecule has 0 saturated heterocycles. The average Bonchev–Trinajstić information content (AvgIpc) is 2.94. The van der Waals surface area contributed by atoms with E-state index in [9.17, 15) is 4.79 Å². The Morgan fingerprint density at radius 3 is 2.81 bits per heavy atom. The number of halogens is 3. The molecule has 5 nitrogen and oxygen atoms in total. The Kier molecular flexibility index (Phi) is 5.80. The number of nitrogens with zero attached hydrogens (tertiary/aromatic N) is 2. The van der Waals surface area contributed by atoms with Gasteiger partial charge in [-0.25, -0.2) is 0 Å². The largest absolute Gasteiger partial charge is 0.360 e. The highest BCUT2D eigenvalue weighted by Crippen LogP contribution is 2.36. The maximum absolute atomic E-state index is 12.1. The number of rotatable bonds is 5. The quantitative estimate of drug-likeness (QED) is 0.703. The second-order valence-corrected chi connectivity index (χ2v) is 6.60. The molecule has 1 aromatic carbocycles. The second-order valence-electron chi connectivity index (χ2n) is 4.02. The number of benzene rings is 1. The normalized spacial score (nSPS) is 10.5. The Morgan fingerprint density at radius 2 is 2.10 bits per heavy atom. The van der Waals surface area contributed by atoms with Crippen LogP contribution in [0.4, 0.5) is 10.8 Å². The third-order valence-electron chi connectivity index (χ3n) is 2.43. The molecule has 0 spiro atoms. The van der Waals surface area contributed by atoms with Crippen LogP contribution in [-0.2, 0) is 0 Å². The van der Waals surface area contributed by atoms with E-state index < -0.39 is 0 Å². The predicted molar refractivity (Wildman–Crippen MR) is 90.8 cm³/mol. The van der Waals surface area contributed by atoms with Gasteiger partial charge in [0.25, 0.3) is 5.91 Å². The standard InChI is InChI=1S/C12H11BrCl2N4OS/c1-2-5-16-12-19-18-11(21-12)10(20)17-7-4-3-6(13)8(14)9(7)15/h3-4H,2,5H2,1H3,(H,16,19)(H,17,20). The Morgan fingerprint density at radius 1 is 1.33 bits per heavy atom. The molecule has 1 aromatic heterocycles. The molecule has 1 amide bonds. The lowest BCUT2D eigenvalue weighted by Crippen LogP contribution is -2.12. The van der Waals surface area contributed by atoms with E-state index in [1.807, 2.05) is 6.92 Å². The first kappa shape index (κ1) is 16.5. The van der Waals surface area contributed by atoms with E-state index in [0.717, 1.165) is 13.0 Å². The van der Waals surface area contributed by atoms with Crippen LogP contribution in [0.2, 0.25) is 10.0 Å². The maximum atomic E-state index is 12.1. The monoisotopic (exact) mass is 408 g/mol. The van der Waals surface area contributed by atoms with Gasteiger partial charge in [0.05, 0.1) is 15.7 Å². The third-order valence-corrected chi connectivity index (χ3v) is 5.08. The first-order valence-electron chi connectivity index (χ1n) is 6.05. The lowest BCUT2D eigenvalue weighted by atomic mass is 10.3. The number of carbonyl (C=O) groups is 1. The molecular formula is C12H11BrCl2N4OS. The van der Waals surface area contributed by atoms with E-state index in [1.165, 1.54) is 11.3 Å². The first-order valence-corrected chi connectivity index (χ1v) is 8.41. The minimum atomic E-state index is -0.377. The molecule has 1 heterocycles. The van der Waals surface area contributed by atoms with Gasteiger partial charge in [-0.2, -0.15) is 0 Å². The summed E-state index contributed by atoms with van der Waals surface area (Å²) >= 11 is 16.5. The van der Waals surface area contributed by atoms with E-state index in [-0.39, 0.29) is 15.9 Å². The molecule has 112 valence electrons. The Hall–Kier alpha value is -0.890. The van der Waals surface area contributed by atoms with Crippen LogP contribution < -0.4 is 10.6 Å². The van der Waals surface area contributed by atoms with Crippen molar-refractivity contribution in [3.63, 3.8) is 0 Å². The fourth-order valence-corrected chi connectivity index (χ4v) is 2.90. The number of carbonyl (C=O) groups excluding carboxylic acids is 1. The van der Waals surface area contributed by atoms with Crippen LogP contribution in [0.3, 0.4) is 0 Å². The molecule has 0 radical (unpaired) electrons. The van der Waals surface area contributed by atoms with Gasteiger partial charge >= 0.3 is 0 Å². The Bertz CT molecular complexity index is 665. The molecule has 9 heteroatoms. The highest BCUT2D eigenvalue weighted by molar-refractivity contribution is 9.10. The van der Waals surface area contributed by atoms with Crippen molar-refractivity contribution < 1.29 is 4.79 Å². The predicted octanol–water partition coefficient (Wildman–Crippen LogP) is 4.68. The van der Waals surface area contributed by atoms with Crippen LogP contribution in [0.1, 0.15) is 23.1 Å². The number of amides is 1. The van der Waals surface area contributed by atoms with E-state index in [0.29, 0.717) is 20.3 Å². The first-order chi connectivity index (χ1) is 10.0. The van der Waals surface area contributed by atoms with Gasteiger partial charge in [0, 0.05) is 11.0 Å². The highest BCUT2D eigenvalue weighted by Gasteiger charge is 2.16. The van der Waals surface area contributed by atoms with Crippen molar-refractivity contribution in [2.75, 3.05) is 17.2 Å². The van der Waals surface area contributed by atoms with Gasteiger partial charge in [-0.3, -0.25) is 4.79 Å². The third kappa shape index (κ3) is 4.06. The fraction of sp³-hybridized carbons (Fsp3) is 0.250. The Labute approximate surface area is 144 Å². The molecular weight excluding hydrogens is 399 g/mol. The molecule has 0 unspecified atom stereocenters. The molecule has 0 saturated carbocycles. The van der Waals surface area contributed by atoms with Crippen molar-refractivity contribution in [2.24, 2.45) is 0 Å². The molecule has 0 fully saturated rings. The number of anilines is 2. The van der Waals surface area contributed by atoms with Crippen LogP contribution in [0.15, 0.2) is 16.6 Å². The minimum absolute atomic E-state index is 0.253. The van der Waals surface area contributed by atoms with Crippen LogP contribution in [0.25, 0.3) is 0 Å². The summed E-state index contributed by atoms with van der Waals surface area (Å²) in [5.74, 6) is -0.377. The number of aromatic nitrogens is 2. The van der Waals surface area contributed by atoms with E-state index in [1.54, 1.807) is 12.1 Å². The molecule has 0 aliphatic carbocycles. The molecule has 2 N–H and O–H groups in total. The number of hydrogen-bond acceptors (Lipinski definition) is 5. The summed E-state index contributed by atoms with van der Waals surface area (Å²) in [7, 11) is 0. The SMILES string of the molecule is CCCNc1nnc(C(=O)Nc2ccc(Br)c(Cl)c2Cl)s1.